The van der Waals surface area contributed by atoms with Crippen molar-refractivity contribution in [2.75, 3.05) is 11.4 Å². The van der Waals surface area contributed by atoms with Gasteiger partial charge in [0.1, 0.15) is 11.5 Å². The van der Waals surface area contributed by atoms with Gasteiger partial charge in [-0.25, -0.2) is 0 Å². The number of benzene rings is 3. The van der Waals surface area contributed by atoms with Gasteiger partial charge >= 0.3 is 0 Å². The molecule has 1 saturated heterocycles. The van der Waals surface area contributed by atoms with Crippen LogP contribution in [0.25, 0.3) is 0 Å². The van der Waals surface area contributed by atoms with Gasteiger partial charge < -0.3 is 20.7 Å². The molecule has 1 heterocycles. The number of nitrogens with zero attached hydrogens (tertiary/aromatic N) is 1. The van der Waals surface area contributed by atoms with E-state index in [9.17, 15) is 14.4 Å². The number of anilines is 1. The van der Waals surface area contributed by atoms with E-state index in [-0.39, 0.29) is 11.8 Å². The number of hydrogen-bond donors (Lipinski definition) is 2. The Morgan fingerprint density at radius 3 is 2.19 bits per heavy atom. The number of rotatable bonds is 7. The molecule has 3 amide bonds. The zero-order valence-electron chi connectivity index (χ0n) is 17.4. The number of hydrogen-bond acceptors (Lipinski definition) is 4. The number of ether oxygens (including phenoxy) is 1. The van der Waals surface area contributed by atoms with Crippen molar-refractivity contribution < 1.29 is 19.1 Å². The van der Waals surface area contributed by atoms with Gasteiger partial charge in [0.2, 0.25) is 11.8 Å². The predicted octanol–water partition coefficient (Wildman–Crippen LogP) is 3.63. The summed E-state index contributed by atoms with van der Waals surface area (Å²) in [6.07, 6.45) is 1.46. The van der Waals surface area contributed by atoms with Crippen LogP contribution >= 0.6 is 0 Å². The van der Waals surface area contributed by atoms with E-state index in [1.807, 2.05) is 24.3 Å². The van der Waals surface area contributed by atoms with Gasteiger partial charge in [-0.15, -0.1) is 0 Å². The minimum atomic E-state index is -0.497. The highest BCUT2D eigenvalue weighted by atomic mass is 16.5. The Kier molecular flexibility index (Phi) is 6.17. The Morgan fingerprint density at radius 1 is 0.938 bits per heavy atom. The van der Waals surface area contributed by atoms with Gasteiger partial charge in [0.25, 0.3) is 5.91 Å². The lowest BCUT2D eigenvalue weighted by atomic mass is 10.1. The molecule has 0 aromatic heterocycles. The number of primary amides is 1. The third-order valence-corrected chi connectivity index (χ3v) is 5.24. The quantitative estimate of drug-likeness (QED) is 0.599. The van der Waals surface area contributed by atoms with Gasteiger partial charge in [0.15, 0.2) is 0 Å². The molecule has 3 aromatic carbocycles. The molecule has 7 nitrogen and oxygen atoms in total. The first-order valence-corrected chi connectivity index (χ1v) is 10.3. The van der Waals surface area contributed by atoms with Crippen LogP contribution in [0.1, 0.15) is 39.1 Å². The summed E-state index contributed by atoms with van der Waals surface area (Å²) in [5.74, 6) is 0.561. The van der Waals surface area contributed by atoms with Crippen LogP contribution in [0.15, 0.2) is 72.8 Å². The third-order valence-electron chi connectivity index (χ3n) is 5.24. The minimum absolute atomic E-state index is 0.136. The van der Waals surface area contributed by atoms with E-state index >= 15 is 0 Å². The molecule has 0 bridgehead atoms. The normalized spacial score (nSPS) is 13.1. The van der Waals surface area contributed by atoms with Gasteiger partial charge in [-0.1, -0.05) is 12.1 Å². The molecule has 7 heteroatoms. The molecule has 0 spiro atoms. The molecule has 0 aliphatic carbocycles. The second kappa shape index (κ2) is 9.34. The van der Waals surface area contributed by atoms with Crippen LogP contribution in [0.3, 0.4) is 0 Å². The fourth-order valence-electron chi connectivity index (χ4n) is 3.54. The first-order valence-electron chi connectivity index (χ1n) is 10.3. The summed E-state index contributed by atoms with van der Waals surface area (Å²) in [6, 6.07) is 20.9. The Morgan fingerprint density at radius 2 is 1.59 bits per heavy atom. The van der Waals surface area contributed by atoms with Crippen LogP contribution in [-0.2, 0) is 11.3 Å². The number of nitrogens with two attached hydrogens (primary N) is 1. The molecule has 1 aliphatic heterocycles. The zero-order chi connectivity index (χ0) is 22.5. The van der Waals surface area contributed by atoms with Crippen LogP contribution in [0.4, 0.5) is 5.69 Å². The largest absolute Gasteiger partial charge is 0.457 e. The molecule has 0 atom stereocenters. The summed E-state index contributed by atoms with van der Waals surface area (Å²) in [5.41, 5.74) is 7.93. The standard InChI is InChI=1S/C25H23N3O4/c26-24(30)18-6-10-21(11-7-18)32-22-12-8-19(9-13-22)25(31)27-16-17-3-1-4-20(15-17)28-14-2-5-23(28)29/h1,3-4,6-13,15H,2,5,14,16H2,(H2,26,30)(H,27,31). The van der Waals surface area contributed by atoms with Crippen molar-refractivity contribution in [1.82, 2.24) is 5.32 Å². The molecular formula is C25H23N3O4. The summed E-state index contributed by atoms with van der Waals surface area (Å²) >= 11 is 0. The monoisotopic (exact) mass is 429 g/mol. The fraction of sp³-hybridized carbons (Fsp3) is 0.160. The molecule has 0 unspecified atom stereocenters. The summed E-state index contributed by atoms with van der Waals surface area (Å²) in [4.78, 5) is 37.4. The van der Waals surface area contributed by atoms with Crippen molar-refractivity contribution in [2.24, 2.45) is 5.73 Å². The van der Waals surface area contributed by atoms with Crippen molar-refractivity contribution in [1.29, 1.82) is 0 Å². The van der Waals surface area contributed by atoms with Crippen molar-refractivity contribution in [2.45, 2.75) is 19.4 Å². The van der Waals surface area contributed by atoms with Gasteiger partial charge in [0.05, 0.1) is 0 Å². The first-order chi connectivity index (χ1) is 15.5. The van der Waals surface area contributed by atoms with E-state index in [4.69, 9.17) is 10.5 Å². The molecule has 3 N–H and O–H groups in total. The Bertz CT molecular complexity index is 1140. The van der Waals surface area contributed by atoms with E-state index in [0.29, 0.717) is 35.6 Å². The molecule has 1 aliphatic rings. The third kappa shape index (κ3) is 4.95. The van der Waals surface area contributed by atoms with Crippen LogP contribution in [-0.4, -0.2) is 24.3 Å². The highest BCUT2D eigenvalue weighted by Crippen LogP contribution is 2.23. The van der Waals surface area contributed by atoms with Crippen LogP contribution in [0, 0.1) is 0 Å². The number of carbonyl (C=O) groups excluding carboxylic acids is 3. The van der Waals surface area contributed by atoms with Gasteiger partial charge in [-0.05, 0) is 72.6 Å². The van der Waals surface area contributed by atoms with Crippen molar-refractivity contribution in [3.05, 3.63) is 89.5 Å². The summed E-state index contributed by atoms with van der Waals surface area (Å²) < 4.78 is 5.73. The zero-order valence-corrected chi connectivity index (χ0v) is 17.4. The summed E-state index contributed by atoms with van der Waals surface area (Å²) in [5, 5.41) is 2.90. The maximum atomic E-state index is 12.5. The topological polar surface area (TPSA) is 102 Å². The average molecular weight is 429 g/mol. The number of nitrogens with one attached hydrogen (secondary N) is 1. The Balaban J connectivity index is 1.34. The Hall–Kier alpha value is -4.13. The molecular weight excluding hydrogens is 406 g/mol. The number of amides is 3. The van der Waals surface area contributed by atoms with Gasteiger partial charge in [-0.2, -0.15) is 0 Å². The maximum Gasteiger partial charge on any atom is 0.251 e. The SMILES string of the molecule is NC(=O)c1ccc(Oc2ccc(C(=O)NCc3cccc(N4CCCC4=O)c3)cc2)cc1. The molecule has 162 valence electrons. The highest BCUT2D eigenvalue weighted by molar-refractivity contribution is 5.96. The molecule has 1 fully saturated rings. The molecule has 4 rings (SSSR count). The average Bonchev–Trinajstić information content (AvgIpc) is 3.24. The van der Waals surface area contributed by atoms with Crippen LogP contribution < -0.4 is 20.7 Å². The van der Waals surface area contributed by atoms with E-state index < -0.39 is 5.91 Å². The lowest BCUT2D eigenvalue weighted by molar-refractivity contribution is -0.117. The maximum absolute atomic E-state index is 12.5. The summed E-state index contributed by atoms with van der Waals surface area (Å²) in [6.45, 7) is 1.09. The number of carbonyl (C=O) groups is 3. The second-order valence-corrected chi connectivity index (χ2v) is 7.52. The predicted molar refractivity (Wildman–Crippen MR) is 121 cm³/mol. The van der Waals surface area contributed by atoms with Crippen LogP contribution in [0.5, 0.6) is 11.5 Å². The van der Waals surface area contributed by atoms with Gasteiger partial charge in [0, 0.05) is 36.3 Å². The van der Waals surface area contributed by atoms with Crippen molar-refractivity contribution in [3.8, 4) is 11.5 Å². The second-order valence-electron chi connectivity index (χ2n) is 7.52. The van der Waals surface area contributed by atoms with Crippen molar-refractivity contribution in [3.63, 3.8) is 0 Å². The van der Waals surface area contributed by atoms with E-state index in [1.54, 1.807) is 53.4 Å². The van der Waals surface area contributed by atoms with Gasteiger partial charge in [-0.3, -0.25) is 14.4 Å². The van der Waals surface area contributed by atoms with E-state index in [2.05, 4.69) is 5.32 Å². The first kappa shape index (κ1) is 21.1. The smallest absolute Gasteiger partial charge is 0.251 e. The Labute approximate surface area is 185 Å². The molecule has 0 radical (unpaired) electrons. The van der Waals surface area contributed by atoms with Crippen molar-refractivity contribution >= 4 is 23.4 Å². The van der Waals surface area contributed by atoms with E-state index in [0.717, 1.165) is 24.2 Å². The minimum Gasteiger partial charge on any atom is -0.457 e. The highest BCUT2D eigenvalue weighted by Gasteiger charge is 2.21. The van der Waals surface area contributed by atoms with E-state index in [1.165, 1.54) is 0 Å². The van der Waals surface area contributed by atoms with Crippen LogP contribution in [0.2, 0.25) is 0 Å². The molecule has 32 heavy (non-hydrogen) atoms. The lowest BCUT2D eigenvalue weighted by Crippen LogP contribution is -2.25. The molecule has 0 saturated carbocycles. The lowest BCUT2D eigenvalue weighted by Gasteiger charge is -2.16. The molecule has 3 aromatic rings. The summed E-state index contributed by atoms with van der Waals surface area (Å²) in [7, 11) is 0. The fourth-order valence-corrected chi connectivity index (χ4v) is 3.54.